The van der Waals surface area contributed by atoms with Crippen molar-refractivity contribution in [2.24, 2.45) is 11.5 Å². The molecular weight excluding hydrogens is 613 g/mol. The van der Waals surface area contributed by atoms with Crippen LogP contribution in [0.15, 0.2) is 36.7 Å². The number of halogens is 2. The van der Waals surface area contributed by atoms with E-state index in [1.165, 1.54) is 24.9 Å². The van der Waals surface area contributed by atoms with Gasteiger partial charge in [0.25, 0.3) is 0 Å². The van der Waals surface area contributed by atoms with Crippen molar-refractivity contribution in [2.75, 3.05) is 39.6 Å². The molecule has 1 fully saturated rings. The van der Waals surface area contributed by atoms with E-state index in [2.05, 4.69) is 20.6 Å². The number of carbonyl (C=O) groups is 3. The lowest BCUT2D eigenvalue weighted by Gasteiger charge is -2.29. The van der Waals surface area contributed by atoms with Crippen LogP contribution in [0.25, 0.3) is 10.9 Å². The number of ether oxygens (including phenoxy) is 1. The van der Waals surface area contributed by atoms with Crippen LogP contribution < -0.4 is 26.8 Å². The van der Waals surface area contributed by atoms with E-state index in [-0.39, 0.29) is 22.9 Å². The molecule has 0 bridgehead atoms. The van der Waals surface area contributed by atoms with E-state index < -0.39 is 5.82 Å². The normalized spacial score (nSPS) is 14.3. The van der Waals surface area contributed by atoms with E-state index in [4.69, 9.17) is 27.8 Å². The van der Waals surface area contributed by atoms with E-state index in [1.807, 2.05) is 31.1 Å². The van der Waals surface area contributed by atoms with Crippen LogP contribution in [0.5, 0.6) is 5.75 Å². The highest BCUT2D eigenvalue weighted by Crippen LogP contribution is 2.30. The van der Waals surface area contributed by atoms with E-state index >= 15 is 0 Å². The topological polar surface area (TPSA) is 166 Å². The lowest BCUT2D eigenvalue weighted by molar-refractivity contribution is -0.123. The molecule has 1 saturated heterocycles. The Morgan fingerprint density at radius 1 is 1.13 bits per heavy atom. The number of fused-ring (bicyclic) bond motifs is 1. The molecule has 4 rings (SSSR count). The van der Waals surface area contributed by atoms with Gasteiger partial charge in [-0.1, -0.05) is 30.9 Å². The summed E-state index contributed by atoms with van der Waals surface area (Å²) in [5.74, 6) is 0.541. The summed E-state index contributed by atoms with van der Waals surface area (Å²) < 4.78 is 18.8. The lowest BCUT2D eigenvalue weighted by atomic mass is 10.0. The number of hydrogen-bond acceptors (Lipinski definition) is 9. The number of hydrogen-bond donors (Lipinski definition) is 4. The summed E-state index contributed by atoms with van der Waals surface area (Å²) in [5, 5.41) is 7.22. The molecule has 13 heteroatoms. The van der Waals surface area contributed by atoms with Crippen LogP contribution >= 0.6 is 11.6 Å². The number of nitrogens with two attached hydrogens (primary N) is 2. The molecule has 2 aromatic carbocycles. The third-order valence-corrected chi connectivity index (χ3v) is 7.75. The summed E-state index contributed by atoms with van der Waals surface area (Å²) in [7, 11) is 5.50. The van der Waals surface area contributed by atoms with Gasteiger partial charge in [-0.25, -0.2) is 14.4 Å². The third-order valence-electron chi connectivity index (χ3n) is 7.46. The number of carbonyl (C=O) groups excluding carboxylic acids is 3. The molecule has 0 aliphatic carbocycles. The van der Waals surface area contributed by atoms with Crippen molar-refractivity contribution in [3.05, 3.63) is 53.1 Å². The highest BCUT2D eigenvalue weighted by molar-refractivity contribution is 6.31. The van der Waals surface area contributed by atoms with Crippen molar-refractivity contribution < 1.29 is 23.5 Å². The minimum atomic E-state index is -0.459. The highest BCUT2D eigenvalue weighted by Gasteiger charge is 2.23. The Morgan fingerprint density at radius 3 is 2.50 bits per heavy atom. The van der Waals surface area contributed by atoms with Gasteiger partial charge in [0.2, 0.25) is 11.8 Å². The molecule has 3 aromatic rings. The van der Waals surface area contributed by atoms with E-state index in [9.17, 15) is 18.8 Å². The van der Waals surface area contributed by atoms with Crippen molar-refractivity contribution in [1.29, 1.82) is 0 Å². The minimum Gasteiger partial charge on any atom is -0.496 e. The predicted octanol–water partition coefficient (Wildman–Crippen LogP) is 4.90. The first-order valence-electron chi connectivity index (χ1n) is 15.5. The van der Waals surface area contributed by atoms with Crippen LogP contribution in [-0.4, -0.2) is 73.3 Å². The average molecular weight is 660 g/mol. The van der Waals surface area contributed by atoms with Gasteiger partial charge in [-0.2, -0.15) is 0 Å². The van der Waals surface area contributed by atoms with Gasteiger partial charge in [-0.3, -0.25) is 14.5 Å². The van der Waals surface area contributed by atoms with Crippen LogP contribution in [0.4, 0.5) is 15.9 Å². The fourth-order valence-electron chi connectivity index (χ4n) is 4.90. The number of primary amides is 2. The summed E-state index contributed by atoms with van der Waals surface area (Å²) in [6, 6.07) is 8.35. The van der Waals surface area contributed by atoms with Crippen LogP contribution in [0, 0.1) is 5.82 Å². The van der Waals surface area contributed by atoms with Crippen LogP contribution in [0.1, 0.15) is 63.4 Å². The second-order valence-electron chi connectivity index (χ2n) is 11.0. The summed E-state index contributed by atoms with van der Waals surface area (Å²) in [6.07, 6.45) is 11.4. The zero-order valence-corrected chi connectivity index (χ0v) is 27.7. The van der Waals surface area contributed by atoms with Gasteiger partial charge in [0.05, 0.1) is 23.7 Å². The van der Waals surface area contributed by atoms with Crippen molar-refractivity contribution in [3.8, 4) is 5.75 Å². The molecule has 1 aromatic heterocycles. The molecule has 1 aliphatic heterocycles. The van der Waals surface area contributed by atoms with E-state index in [0.717, 1.165) is 86.5 Å². The number of nitrogens with one attached hydrogen (secondary N) is 2. The number of rotatable bonds is 14. The molecular formula is C33H47ClFN7O4. The molecule has 1 aliphatic rings. The van der Waals surface area contributed by atoms with Crippen molar-refractivity contribution >= 4 is 52.1 Å². The second kappa shape index (κ2) is 21.0. The SMILES string of the molecule is CN1CCCCC1C(N)=O.CNCCc1cc2c(Nc3ccc(F)c(Cl)c3)ncnc2cc1OC.NC(=O)CCCCCCC=O. The molecule has 1 atom stereocenters. The molecule has 6 N–H and O–H groups in total. The molecule has 2 amide bonds. The Hall–Kier alpha value is -3.87. The molecule has 11 nitrogen and oxygen atoms in total. The van der Waals surface area contributed by atoms with Crippen LogP contribution in [0.3, 0.4) is 0 Å². The zero-order valence-electron chi connectivity index (χ0n) is 27.0. The third kappa shape index (κ3) is 13.2. The maximum Gasteiger partial charge on any atom is 0.234 e. The molecule has 46 heavy (non-hydrogen) atoms. The molecule has 2 heterocycles. The number of unbranched alkanes of at least 4 members (excludes halogenated alkanes) is 4. The predicted molar refractivity (Wildman–Crippen MR) is 181 cm³/mol. The Morgan fingerprint density at radius 2 is 1.89 bits per heavy atom. The number of anilines is 2. The van der Waals surface area contributed by atoms with Crippen LogP contribution in [0.2, 0.25) is 5.02 Å². The average Bonchev–Trinajstić information content (AvgIpc) is 3.04. The standard InChI is InChI=1S/C18H18ClFN4O.C8H15NO2.C7H14N2O/c1-21-6-5-11-7-13-16(9-17(11)25-2)22-10-23-18(13)24-12-3-4-15(20)14(19)8-12;9-8(11)6-4-2-1-3-5-7-10;1-9-5-3-2-4-6(9)7(8)10/h3-4,7-10,21H,5-6H2,1-2H3,(H,22,23,24);7H,1-6H2,(H2,9,11);6H,2-5H2,1H3,(H2,8,10). The molecule has 252 valence electrons. The van der Waals surface area contributed by atoms with Crippen molar-refractivity contribution in [1.82, 2.24) is 20.2 Å². The van der Waals surface area contributed by atoms with Gasteiger partial charge >= 0.3 is 0 Å². The fraction of sp³-hybridized carbons (Fsp3) is 0.485. The number of amides is 2. The quantitative estimate of drug-likeness (QED) is 0.139. The van der Waals surface area contributed by atoms with Crippen molar-refractivity contribution in [3.63, 3.8) is 0 Å². The minimum absolute atomic E-state index is 0.00579. The number of methoxy groups -OCH3 is 1. The monoisotopic (exact) mass is 659 g/mol. The number of nitrogens with zero attached hydrogens (tertiary/aromatic N) is 3. The van der Waals surface area contributed by atoms with E-state index in [0.29, 0.717) is 24.3 Å². The maximum atomic E-state index is 13.3. The van der Waals surface area contributed by atoms with Gasteiger partial charge in [-0.05, 0) is 89.1 Å². The first kappa shape index (κ1) is 38.3. The first-order chi connectivity index (χ1) is 22.1. The molecule has 0 saturated carbocycles. The summed E-state index contributed by atoms with van der Waals surface area (Å²) in [4.78, 5) is 41.5. The van der Waals surface area contributed by atoms with Crippen LogP contribution in [-0.2, 0) is 20.8 Å². The summed E-state index contributed by atoms with van der Waals surface area (Å²) in [6.45, 7) is 1.83. The number of likely N-dealkylation sites (N-methyl/N-ethyl adjacent to an activating group) is 2. The second-order valence-corrected chi connectivity index (χ2v) is 11.4. The first-order valence-corrected chi connectivity index (χ1v) is 15.9. The maximum absolute atomic E-state index is 13.3. The number of piperidine rings is 1. The van der Waals surface area contributed by atoms with Gasteiger partial charge in [0.1, 0.15) is 30.0 Å². The number of benzene rings is 2. The van der Waals surface area contributed by atoms with Gasteiger partial charge in [0, 0.05) is 30.0 Å². The van der Waals surface area contributed by atoms with Gasteiger partial charge in [-0.15, -0.1) is 0 Å². The molecule has 1 unspecified atom stereocenters. The molecule has 0 radical (unpaired) electrons. The lowest BCUT2D eigenvalue weighted by Crippen LogP contribution is -2.45. The Bertz CT molecular complexity index is 1410. The Kier molecular flexibility index (Phi) is 17.5. The van der Waals surface area contributed by atoms with Gasteiger partial charge in [0.15, 0.2) is 0 Å². The number of aromatic nitrogens is 2. The van der Waals surface area contributed by atoms with Crippen molar-refractivity contribution in [2.45, 2.75) is 70.3 Å². The summed E-state index contributed by atoms with van der Waals surface area (Å²) in [5.41, 5.74) is 12.6. The fourth-order valence-corrected chi connectivity index (χ4v) is 5.08. The largest absolute Gasteiger partial charge is 0.496 e. The molecule has 0 spiro atoms. The Labute approximate surface area is 275 Å². The highest BCUT2D eigenvalue weighted by atomic mass is 35.5. The van der Waals surface area contributed by atoms with Gasteiger partial charge < -0.3 is 31.6 Å². The summed E-state index contributed by atoms with van der Waals surface area (Å²) >= 11 is 5.85. The van der Waals surface area contributed by atoms with E-state index in [1.54, 1.807) is 13.2 Å². The number of aldehydes is 1. The number of likely N-dealkylation sites (tertiary alicyclic amines) is 1. The zero-order chi connectivity index (χ0) is 33.9. The smallest absolute Gasteiger partial charge is 0.234 e. The Balaban J connectivity index is 0.000000290.